The third kappa shape index (κ3) is 3.51. The number of carbonyl (C=O) groups is 1. The number of amides is 1. The van der Waals surface area contributed by atoms with Gasteiger partial charge in [0, 0.05) is 24.1 Å². The van der Waals surface area contributed by atoms with Crippen molar-refractivity contribution in [2.75, 3.05) is 13.2 Å². The first-order valence-electron chi connectivity index (χ1n) is 10.9. The lowest BCUT2D eigenvalue weighted by Crippen LogP contribution is -2.38. The highest BCUT2D eigenvalue weighted by molar-refractivity contribution is 5.95. The van der Waals surface area contributed by atoms with Crippen LogP contribution in [0.1, 0.15) is 54.7 Å². The van der Waals surface area contributed by atoms with Gasteiger partial charge in [-0.1, -0.05) is 18.6 Å². The average Bonchev–Trinajstić information content (AvgIpc) is 3.17. The largest absolute Gasteiger partial charge is 0.486 e. The molecule has 156 valence electrons. The van der Waals surface area contributed by atoms with Crippen LogP contribution in [0, 0.1) is 0 Å². The Hall–Kier alpha value is -3.02. The number of hydrogen-bond acceptors (Lipinski definition) is 4. The molecular formula is C24H27N3O3. The molecular weight excluding hydrogens is 378 g/mol. The second-order valence-corrected chi connectivity index (χ2v) is 8.10. The lowest BCUT2D eigenvalue weighted by atomic mass is 9.85. The van der Waals surface area contributed by atoms with Crippen molar-refractivity contribution in [3.63, 3.8) is 0 Å². The Bertz CT molecular complexity index is 1070. The molecule has 6 heteroatoms. The molecule has 6 nitrogen and oxygen atoms in total. The van der Waals surface area contributed by atoms with Gasteiger partial charge in [0.25, 0.3) is 5.91 Å². The molecule has 2 aliphatic rings. The molecule has 1 aromatic heterocycles. The van der Waals surface area contributed by atoms with Gasteiger partial charge in [-0.25, -0.2) is 4.98 Å². The standard InChI is InChI=1S/C24H27N3O3/c1-2-27-20-9-4-3-8-19(20)26-23(27)16-6-5-7-18(14-16)25-24(28)17-10-11-21-22(15-17)30-13-12-29-21/h3-4,8-11,15-16,18H,2,5-7,12-14H2,1H3,(H,25,28). The van der Waals surface area contributed by atoms with Crippen molar-refractivity contribution in [1.29, 1.82) is 0 Å². The smallest absolute Gasteiger partial charge is 0.251 e. The van der Waals surface area contributed by atoms with E-state index in [0.717, 1.165) is 43.6 Å². The van der Waals surface area contributed by atoms with E-state index in [2.05, 4.69) is 35.0 Å². The maximum absolute atomic E-state index is 12.9. The molecule has 1 saturated carbocycles. The van der Waals surface area contributed by atoms with E-state index in [9.17, 15) is 4.79 Å². The molecule has 2 aromatic carbocycles. The molecule has 1 amide bonds. The molecule has 0 bridgehead atoms. The van der Waals surface area contributed by atoms with E-state index in [1.807, 2.05) is 12.1 Å². The van der Waals surface area contributed by atoms with Crippen LogP contribution in [-0.2, 0) is 6.54 Å². The maximum atomic E-state index is 12.9. The summed E-state index contributed by atoms with van der Waals surface area (Å²) in [5, 5.41) is 3.24. The first-order chi connectivity index (χ1) is 14.7. The molecule has 1 aliphatic heterocycles. The van der Waals surface area contributed by atoms with Crippen molar-refractivity contribution < 1.29 is 14.3 Å². The normalized spacial score (nSPS) is 20.8. The summed E-state index contributed by atoms with van der Waals surface area (Å²) in [6, 6.07) is 13.9. The summed E-state index contributed by atoms with van der Waals surface area (Å²) < 4.78 is 13.5. The number of hydrogen-bond donors (Lipinski definition) is 1. The monoisotopic (exact) mass is 405 g/mol. The number of nitrogens with one attached hydrogen (secondary N) is 1. The topological polar surface area (TPSA) is 65.4 Å². The number of aromatic nitrogens is 2. The van der Waals surface area contributed by atoms with Crippen molar-refractivity contribution in [3.05, 3.63) is 53.9 Å². The minimum absolute atomic E-state index is 0.0541. The van der Waals surface area contributed by atoms with Crippen LogP contribution >= 0.6 is 0 Å². The molecule has 2 atom stereocenters. The molecule has 0 radical (unpaired) electrons. The molecule has 5 rings (SSSR count). The number of carbonyl (C=O) groups excluding carboxylic acids is 1. The summed E-state index contributed by atoms with van der Waals surface area (Å²) >= 11 is 0. The average molecular weight is 405 g/mol. The van der Waals surface area contributed by atoms with E-state index in [1.54, 1.807) is 12.1 Å². The van der Waals surface area contributed by atoms with Crippen LogP contribution in [0.5, 0.6) is 11.5 Å². The molecule has 0 saturated heterocycles. The number of benzene rings is 2. The Morgan fingerprint density at radius 3 is 2.83 bits per heavy atom. The summed E-state index contributed by atoms with van der Waals surface area (Å²) in [6.07, 6.45) is 4.11. The van der Waals surface area contributed by atoms with Crippen molar-refractivity contribution in [3.8, 4) is 11.5 Å². The highest BCUT2D eigenvalue weighted by Gasteiger charge is 2.28. The molecule has 1 N–H and O–H groups in total. The van der Waals surface area contributed by atoms with Crippen LogP contribution in [-0.4, -0.2) is 34.7 Å². The van der Waals surface area contributed by atoms with Crippen molar-refractivity contribution in [1.82, 2.24) is 14.9 Å². The molecule has 1 fully saturated rings. The van der Waals surface area contributed by atoms with E-state index >= 15 is 0 Å². The summed E-state index contributed by atoms with van der Waals surface area (Å²) in [4.78, 5) is 17.8. The van der Waals surface area contributed by atoms with E-state index in [-0.39, 0.29) is 11.9 Å². The lowest BCUT2D eigenvalue weighted by molar-refractivity contribution is 0.0923. The highest BCUT2D eigenvalue weighted by atomic mass is 16.6. The molecule has 3 aromatic rings. The van der Waals surface area contributed by atoms with Crippen LogP contribution in [0.3, 0.4) is 0 Å². The number of fused-ring (bicyclic) bond motifs is 2. The minimum Gasteiger partial charge on any atom is -0.486 e. The van der Waals surface area contributed by atoms with Gasteiger partial charge >= 0.3 is 0 Å². The zero-order chi connectivity index (χ0) is 20.5. The summed E-state index contributed by atoms with van der Waals surface area (Å²) in [5.41, 5.74) is 2.86. The first kappa shape index (κ1) is 19.0. The third-order valence-corrected chi connectivity index (χ3v) is 6.18. The molecule has 30 heavy (non-hydrogen) atoms. The van der Waals surface area contributed by atoms with Gasteiger partial charge in [-0.2, -0.15) is 0 Å². The third-order valence-electron chi connectivity index (χ3n) is 6.18. The minimum atomic E-state index is -0.0541. The number of imidazole rings is 1. The number of para-hydroxylation sites is 2. The van der Waals surface area contributed by atoms with E-state index in [1.165, 1.54) is 5.52 Å². The zero-order valence-corrected chi connectivity index (χ0v) is 17.3. The molecule has 2 unspecified atom stereocenters. The van der Waals surface area contributed by atoms with E-state index in [0.29, 0.717) is 36.2 Å². The number of nitrogens with zero attached hydrogens (tertiary/aromatic N) is 2. The van der Waals surface area contributed by atoms with Crippen LogP contribution in [0.15, 0.2) is 42.5 Å². The Kier molecular flexibility index (Phi) is 5.07. The van der Waals surface area contributed by atoms with Gasteiger partial charge in [-0.05, 0) is 56.5 Å². The Labute approximate surface area is 176 Å². The van der Waals surface area contributed by atoms with Gasteiger partial charge < -0.3 is 19.4 Å². The van der Waals surface area contributed by atoms with Gasteiger partial charge in [0.1, 0.15) is 19.0 Å². The van der Waals surface area contributed by atoms with Gasteiger partial charge in [0.15, 0.2) is 11.5 Å². The van der Waals surface area contributed by atoms with Crippen molar-refractivity contribution in [2.24, 2.45) is 0 Å². The van der Waals surface area contributed by atoms with Crippen molar-refractivity contribution >= 4 is 16.9 Å². The van der Waals surface area contributed by atoms with Gasteiger partial charge in [-0.3, -0.25) is 4.79 Å². The summed E-state index contributed by atoms with van der Waals surface area (Å²) in [7, 11) is 0. The first-order valence-corrected chi connectivity index (χ1v) is 10.9. The quantitative estimate of drug-likeness (QED) is 0.703. The van der Waals surface area contributed by atoms with Crippen molar-refractivity contribution in [2.45, 2.75) is 51.1 Å². The number of rotatable bonds is 4. The SMILES string of the molecule is CCn1c(C2CCCC(NC(=O)c3ccc4c(c3)OCCO4)C2)nc2ccccc21. The predicted molar refractivity (Wildman–Crippen MR) is 115 cm³/mol. The summed E-state index contributed by atoms with van der Waals surface area (Å²) in [6.45, 7) is 4.13. The van der Waals surface area contributed by atoms with Gasteiger partial charge in [0.05, 0.1) is 11.0 Å². The fourth-order valence-corrected chi connectivity index (χ4v) is 4.75. The molecule has 0 spiro atoms. The Morgan fingerprint density at radius 1 is 1.13 bits per heavy atom. The van der Waals surface area contributed by atoms with E-state index < -0.39 is 0 Å². The van der Waals surface area contributed by atoms with E-state index in [4.69, 9.17) is 14.5 Å². The highest BCUT2D eigenvalue weighted by Crippen LogP contribution is 2.35. The molecule has 2 heterocycles. The Morgan fingerprint density at radius 2 is 1.97 bits per heavy atom. The van der Waals surface area contributed by atoms with Crippen LogP contribution in [0.2, 0.25) is 0 Å². The zero-order valence-electron chi connectivity index (χ0n) is 17.3. The second-order valence-electron chi connectivity index (χ2n) is 8.10. The summed E-state index contributed by atoms with van der Waals surface area (Å²) in [5.74, 6) is 2.80. The predicted octanol–water partition coefficient (Wildman–Crippen LogP) is 4.28. The maximum Gasteiger partial charge on any atom is 0.251 e. The van der Waals surface area contributed by atoms with Crippen LogP contribution in [0.25, 0.3) is 11.0 Å². The van der Waals surface area contributed by atoms with Gasteiger partial charge in [0.2, 0.25) is 0 Å². The molecule has 1 aliphatic carbocycles. The fraction of sp³-hybridized carbons (Fsp3) is 0.417. The van der Waals surface area contributed by atoms with Crippen LogP contribution < -0.4 is 14.8 Å². The second kappa shape index (κ2) is 8.01. The Balaban J connectivity index is 1.32. The lowest BCUT2D eigenvalue weighted by Gasteiger charge is -2.30. The number of ether oxygens (including phenoxy) is 2. The van der Waals surface area contributed by atoms with Crippen LogP contribution in [0.4, 0.5) is 0 Å². The van der Waals surface area contributed by atoms with Gasteiger partial charge in [-0.15, -0.1) is 0 Å². The number of aryl methyl sites for hydroxylation is 1. The fourth-order valence-electron chi connectivity index (χ4n) is 4.75.